The molecule has 1 aromatic carbocycles. The van der Waals surface area contributed by atoms with Crippen molar-refractivity contribution in [2.45, 2.75) is 63.8 Å². The third-order valence-electron chi connectivity index (χ3n) is 9.09. The fourth-order valence-corrected chi connectivity index (χ4v) is 7.38. The van der Waals surface area contributed by atoms with E-state index in [2.05, 4.69) is 10.00 Å². The van der Waals surface area contributed by atoms with Gasteiger partial charge in [-0.3, -0.25) is 14.5 Å². The number of halogens is 2. The Morgan fingerprint density at radius 1 is 1.00 bits per heavy atom. The van der Waals surface area contributed by atoms with E-state index < -0.39 is 0 Å². The van der Waals surface area contributed by atoms with Crippen molar-refractivity contribution in [3.05, 3.63) is 51.8 Å². The smallest absolute Gasteiger partial charge is 0.257 e. The molecule has 1 amide bonds. The van der Waals surface area contributed by atoms with Crippen molar-refractivity contribution in [2.75, 3.05) is 26.2 Å². The predicted octanol–water partition coefficient (Wildman–Crippen LogP) is 5.58. The number of piperazine rings is 1. The first-order valence-corrected chi connectivity index (χ1v) is 14.2. The van der Waals surface area contributed by atoms with Gasteiger partial charge in [-0.2, -0.15) is 5.10 Å². The van der Waals surface area contributed by atoms with Gasteiger partial charge in [-0.15, -0.1) is 0 Å². The average Bonchev–Trinajstić information content (AvgIpc) is 3.28. The van der Waals surface area contributed by atoms with Crippen molar-refractivity contribution in [1.82, 2.24) is 19.6 Å². The van der Waals surface area contributed by atoms with Crippen molar-refractivity contribution in [1.29, 1.82) is 0 Å². The number of amides is 1. The zero-order chi connectivity index (χ0) is 24.9. The topological polar surface area (TPSA) is 58.4 Å². The number of hydrogen-bond donors (Lipinski definition) is 0. The molecule has 4 fully saturated rings. The van der Waals surface area contributed by atoms with E-state index in [0.717, 1.165) is 92.8 Å². The number of rotatable bonds is 5. The third-order valence-corrected chi connectivity index (χ3v) is 9.70. The summed E-state index contributed by atoms with van der Waals surface area (Å²) in [6, 6.07) is 6.44. The summed E-state index contributed by atoms with van der Waals surface area (Å²) in [5.74, 6) is 0.573. The Kier molecular flexibility index (Phi) is 6.63. The van der Waals surface area contributed by atoms with Crippen molar-refractivity contribution >= 4 is 35.0 Å². The van der Waals surface area contributed by atoms with Gasteiger partial charge in [-0.25, -0.2) is 4.68 Å². The predicted molar refractivity (Wildman–Crippen MR) is 141 cm³/mol. The van der Waals surface area contributed by atoms with Crippen LogP contribution in [0.3, 0.4) is 0 Å². The van der Waals surface area contributed by atoms with Crippen LogP contribution >= 0.6 is 23.2 Å². The highest BCUT2D eigenvalue weighted by molar-refractivity contribution is 6.33. The van der Waals surface area contributed by atoms with Crippen LogP contribution in [-0.4, -0.2) is 63.6 Å². The van der Waals surface area contributed by atoms with Crippen molar-refractivity contribution in [3.63, 3.8) is 0 Å². The lowest BCUT2D eigenvalue weighted by atomic mass is 9.82. The van der Waals surface area contributed by atoms with Gasteiger partial charge in [0.25, 0.3) is 5.91 Å². The Labute approximate surface area is 222 Å². The molecule has 36 heavy (non-hydrogen) atoms. The van der Waals surface area contributed by atoms with Crippen LogP contribution in [0.25, 0.3) is 0 Å². The van der Waals surface area contributed by atoms with Crippen LogP contribution in [0.5, 0.6) is 0 Å². The first-order valence-electron chi connectivity index (χ1n) is 13.5. The van der Waals surface area contributed by atoms with Crippen LogP contribution in [0, 0.1) is 17.3 Å². The zero-order valence-corrected chi connectivity index (χ0v) is 22.2. The normalized spacial score (nSPS) is 28.8. The molecule has 3 unspecified atom stereocenters. The maximum atomic E-state index is 13.3. The number of aromatic nitrogens is 2. The van der Waals surface area contributed by atoms with E-state index in [1.807, 2.05) is 23.1 Å². The maximum absolute atomic E-state index is 13.3. The molecule has 1 aliphatic heterocycles. The van der Waals surface area contributed by atoms with E-state index in [1.165, 1.54) is 17.5 Å². The second-order valence-electron chi connectivity index (χ2n) is 11.6. The van der Waals surface area contributed by atoms with Gasteiger partial charge in [0.2, 0.25) is 5.91 Å². The van der Waals surface area contributed by atoms with E-state index in [-0.39, 0.29) is 23.1 Å². The summed E-state index contributed by atoms with van der Waals surface area (Å²) in [6.45, 7) is 3.39. The average molecular weight is 530 g/mol. The fraction of sp³-hybridized carbons (Fsp3) is 0.607. The summed E-state index contributed by atoms with van der Waals surface area (Å²) in [6.07, 6.45) is 13.1. The molecule has 6 rings (SSSR count). The minimum atomic E-state index is -0.0246. The van der Waals surface area contributed by atoms with E-state index in [1.54, 1.807) is 12.4 Å². The van der Waals surface area contributed by atoms with Crippen LogP contribution < -0.4 is 0 Å². The van der Waals surface area contributed by atoms with Gasteiger partial charge in [0.15, 0.2) is 0 Å². The number of carbonyl (C=O) groups excluding carboxylic acids is 2. The molecule has 1 aromatic heterocycles. The van der Waals surface area contributed by atoms with Crippen LogP contribution in [0.15, 0.2) is 30.6 Å². The van der Waals surface area contributed by atoms with E-state index in [9.17, 15) is 9.59 Å². The van der Waals surface area contributed by atoms with Crippen LogP contribution in [0.2, 0.25) is 10.0 Å². The van der Waals surface area contributed by atoms with E-state index in [0.29, 0.717) is 11.5 Å². The third kappa shape index (κ3) is 4.97. The number of carbonyl (C=O) groups is 2. The molecule has 0 radical (unpaired) electrons. The molecule has 3 aliphatic carbocycles. The molecule has 3 atom stereocenters. The highest BCUT2D eigenvalue weighted by Crippen LogP contribution is 2.55. The van der Waals surface area contributed by atoms with Crippen LogP contribution in [0.4, 0.5) is 0 Å². The van der Waals surface area contributed by atoms with Crippen molar-refractivity contribution < 1.29 is 9.59 Å². The lowest BCUT2D eigenvalue weighted by Gasteiger charge is -2.34. The molecule has 8 heteroatoms. The van der Waals surface area contributed by atoms with Crippen LogP contribution in [-0.2, 0) is 6.42 Å². The van der Waals surface area contributed by atoms with Gasteiger partial charge >= 0.3 is 0 Å². The van der Waals surface area contributed by atoms with Crippen LogP contribution in [0.1, 0.15) is 72.1 Å². The quantitative estimate of drug-likeness (QED) is 0.508. The summed E-state index contributed by atoms with van der Waals surface area (Å²) in [4.78, 5) is 30.7. The Morgan fingerprint density at radius 3 is 2.56 bits per heavy atom. The lowest BCUT2D eigenvalue weighted by Crippen LogP contribution is -2.49. The molecule has 0 bridgehead atoms. The minimum absolute atomic E-state index is 0.00861. The molecule has 192 valence electrons. The first-order chi connectivity index (χ1) is 17.4. The highest BCUT2D eigenvalue weighted by atomic mass is 35.5. The Balaban J connectivity index is 1.04. The number of benzene rings is 1. The molecule has 0 N–H and O–H groups in total. The summed E-state index contributed by atoms with van der Waals surface area (Å²) in [5.41, 5.74) is 1.89. The van der Waals surface area contributed by atoms with Gasteiger partial charge in [-0.05, 0) is 92.9 Å². The van der Waals surface area contributed by atoms with Crippen molar-refractivity contribution in [2.24, 2.45) is 17.3 Å². The minimum Gasteiger partial charge on any atom is -0.336 e. The van der Waals surface area contributed by atoms with E-state index >= 15 is 0 Å². The number of nitrogens with zero attached hydrogens (tertiary/aromatic N) is 4. The molecule has 2 aromatic rings. The molecular formula is C28H34Cl2N4O2. The maximum Gasteiger partial charge on any atom is 0.257 e. The van der Waals surface area contributed by atoms with Crippen molar-refractivity contribution in [3.8, 4) is 0 Å². The molecule has 4 aliphatic rings. The lowest BCUT2D eigenvalue weighted by molar-refractivity contribution is 0.0627. The summed E-state index contributed by atoms with van der Waals surface area (Å²) in [5, 5.41) is 5.83. The molecule has 6 nitrogen and oxygen atoms in total. The summed E-state index contributed by atoms with van der Waals surface area (Å²) < 4.78 is 1.43. The van der Waals surface area contributed by atoms with Gasteiger partial charge < -0.3 is 4.90 Å². The molecule has 3 saturated carbocycles. The molecule has 1 saturated heterocycles. The molecular weight excluding hydrogens is 495 g/mol. The SMILES string of the molecule is O=C(c1cnn(C(=O)C2CCC3(CCC(Cc4cc(Cl)ccc4Cl)C3)C2)c1)N1CCN(C2CC2)CC1. The zero-order valence-electron chi connectivity index (χ0n) is 20.7. The standard InChI is InChI=1S/C28H34Cl2N4O2/c29-23-1-4-25(30)21(14-23)13-19-5-7-28(15-19)8-6-20(16-28)27(36)34-18-22(17-31-34)26(35)33-11-9-32(10-12-33)24-2-3-24/h1,4,14,17-20,24H,2-3,5-13,15-16H2. The van der Waals surface area contributed by atoms with Gasteiger partial charge in [0.05, 0.1) is 11.8 Å². The van der Waals surface area contributed by atoms with E-state index in [4.69, 9.17) is 23.2 Å². The second kappa shape index (κ2) is 9.77. The highest BCUT2D eigenvalue weighted by Gasteiger charge is 2.46. The van der Waals surface area contributed by atoms with Gasteiger partial charge in [0, 0.05) is 54.4 Å². The van der Waals surface area contributed by atoms with Gasteiger partial charge in [0.1, 0.15) is 0 Å². The monoisotopic (exact) mass is 528 g/mol. The summed E-state index contributed by atoms with van der Waals surface area (Å²) in [7, 11) is 0. The Bertz CT molecular complexity index is 1150. The second-order valence-corrected chi connectivity index (χ2v) is 12.4. The molecule has 2 heterocycles. The summed E-state index contributed by atoms with van der Waals surface area (Å²) >= 11 is 12.6. The number of hydrogen-bond acceptors (Lipinski definition) is 4. The fourth-order valence-electron chi connectivity index (χ4n) is 7.00. The van der Waals surface area contributed by atoms with Gasteiger partial charge in [-0.1, -0.05) is 23.2 Å². The largest absolute Gasteiger partial charge is 0.336 e. The Hall–Kier alpha value is -1.89. The Morgan fingerprint density at radius 2 is 1.78 bits per heavy atom. The molecule has 1 spiro atoms. The first kappa shape index (κ1) is 24.4.